The largest absolute Gasteiger partial charge is 0.497 e. The number of ether oxygens (including phenoxy) is 1. The molecular weight excluding hydrogens is 312 g/mol. The molecule has 2 aromatic carbocycles. The molecule has 0 radical (unpaired) electrons. The number of rotatable bonds is 7. The Labute approximate surface area is 137 Å². The molecular formula is C17H22N2O3S. The summed E-state index contributed by atoms with van der Waals surface area (Å²) in [7, 11) is 2.04. The van der Waals surface area contributed by atoms with Crippen molar-refractivity contribution in [3.63, 3.8) is 0 Å². The number of sulfonamides is 1. The summed E-state index contributed by atoms with van der Waals surface area (Å²) in [5.41, 5.74) is 2.11. The van der Waals surface area contributed by atoms with Crippen molar-refractivity contribution in [2.45, 2.75) is 18.0 Å². The van der Waals surface area contributed by atoms with Crippen LogP contribution in [0.5, 0.6) is 5.75 Å². The first-order chi connectivity index (χ1) is 10.9. The minimum atomic E-state index is -3.53. The third-order valence-electron chi connectivity index (χ3n) is 3.36. The third-order valence-corrected chi connectivity index (χ3v) is 4.77. The smallest absolute Gasteiger partial charge is 0.240 e. The molecule has 0 bridgehead atoms. The van der Waals surface area contributed by atoms with Crippen molar-refractivity contribution >= 4 is 10.0 Å². The molecule has 0 amide bonds. The second-order valence-corrected chi connectivity index (χ2v) is 7.32. The van der Waals surface area contributed by atoms with Crippen LogP contribution in [-0.2, 0) is 23.1 Å². The van der Waals surface area contributed by atoms with Gasteiger partial charge in [0.15, 0.2) is 0 Å². The summed E-state index contributed by atoms with van der Waals surface area (Å²) in [5, 5.41) is 0. The second kappa shape index (κ2) is 7.59. The van der Waals surface area contributed by atoms with Gasteiger partial charge in [0.05, 0.1) is 12.0 Å². The summed E-state index contributed by atoms with van der Waals surface area (Å²) in [6.07, 6.45) is 0. The SMILES string of the molecule is COc1ccc(S(=O)(=O)NCc2ccc(CN(C)C)cc2)cc1. The van der Waals surface area contributed by atoms with Crippen molar-refractivity contribution in [1.82, 2.24) is 9.62 Å². The van der Waals surface area contributed by atoms with Crippen molar-refractivity contribution in [3.8, 4) is 5.75 Å². The van der Waals surface area contributed by atoms with Crippen LogP contribution >= 0.6 is 0 Å². The first-order valence-electron chi connectivity index (χ1n) is 7.27. The van der Waals surface area contributed by atoms with Gasteiger partial charge in [-0.05, 0) is 49.5 Å². The predicted octanol–water partition coefficient (Wildman–Crippen LogP) is 2.24. The number of hydrogen-bond donors (Lipinski definition) is 1. The maximum Gasteiger partial charge on any atom is 0.240 e. The Morgan fingerprint density at radius 2 is 1.52 bits per heavy atom. The van der Waals surface area contributed by atoms with Crippen molar-refractivity contribution in [2.75, 3.05) is 21.2 Å². The third kappa shape index (κ3) is 5.06. The van der Waals surface area contributed by atoms with Gasteiger partial charge in [0, 0.05) is 13.1 Å². The first kappa shape index (κ1) is 17.5. The Hall–Kier alpha value is -1.89. The molecule has 0 unspecified atom stereocenters. The van der Waals surface area contributed by atoms with Gasteiger partial charge in [0.2, 0.25) is 10.0 Å². The number of benzene rings is 2. The average Bonchev–Trinajstić information content (AvgIpc) is 2.54. The molecule has 6 heteroatoms. The van der Waals surface area contributed by atoms with E-state index in [-0.39, 0.29) is 11.4 Å². The molecule has 0 aliphatic rings. The van der Waals surface area contributed by atoms with E-state index < -0.39 is 10.0 Å². The summed E-state index contributed by atoms with van der Waals surface area (Å²) < 4.78 is 32.2. The van der Waals surface area contributed by atoms with Crippen LogP contribution in [0.25, 0.3) is 0 Å². The average molecular weight is 334 g/mol. The highest BCUT2D eigenvalue weighted by molar-refractivity contribution is 7.89. The molecule has 0 fully saturated rings. The van der Waals surface area contributed by atoms with Crippen molar-refractivity contribution < 1.29 is 13.2 Å². The molecule has 124 valence electrons. The summed E-state index contributed by atoms with van der Waals surface area (Å²) in [5.74, 6) is 0.625. The van der Waals surface area contributed by atoms with Gasteiger partial charge >= 0.3 is 0 Å². The number of methoxy groups -OCH3 is 1. The van der Waals surface area contributed by atoms with E-state index in [1.54, 1.807) is 19.2 Å². The normalized spacial score (nSPS) is 11.7. The fourth-order valence-corrected chi connectivity index (χ4v) is 3.16. The lowest BCUT2D eigenvalue weighted by Gasteiger charge is -2.11. The molecule has 0 heterocycles. The van der Waals surface area contributed by atoms with Crippen molar-refractivity contribution in [2.24, 2.45) is 0 Å². The van der Waals surface area contributed by atoms with Crippen LogP contribution < -0.4 is 9.46 Å². The van der Waals surface area contributed by atoms with Gasteiger partial charge in [0.1, 0.15) is 5.75 Å². The molecule has 0 spiro atoms. The topological polar surface area (TPSA) is 58.6 Å². The molecule has 0 saturated heterocycles. The maximum atomic E-state index is 12.3. The molecule has 0 atom stereocenters. The molecule has 2 rings (SSSR count). The molecule has 0 saturated carbocycles. The van der Waals surface area contributed by atoms with Crippen LogP contribution in [-0.4, -0.2) is 34.5 Å². The molecule has 23 heavy (non-hydrogen) atoms. The lowest BCUT2D eigenvalue weighted by atomic mass is 10.1. The predicted molar refractivity (Wildman–Crippen MR) is 90.9 cm³/mol. The Kier molecular flexibility index (Phi) is 5.76. The standard InChI is InChI=1S/C17H22N2O3S/c1-19(2)13-15-6-4-14(5-7-15)12-18-23(20,21)17-10-8-16(22-3)9-11-17/h4-11,18H,12-13H2,1-3H3. The van der Waals surface area contributed by atoms with Crippen LogP contribution in [0, 0.1) is 0 Å². The fourth-order valence-electron chi connectivity index (χ4n) is 2.14. The van der Waals surface area contributed by atoms with E-state index in [1.165, 1.54) is 17.7 Å². The van der Waals surface area contributed by atoms with E-state index in [4.69, 9.17) is 4.74 Å². The van der Waals surface area contributed by atoms with Crippen molar-refractivity contribution in [1.29, 1.82) is 0 Å². The quantitative estimate of drug-likeness (QED) is 0.844. The lowest BCUT2D eigenvalue weighted by Crippen LogP contribution is -2.23. The van der Waals surface area contributed by atoms with Crippen molar-refractivity contribution in [3.05, 3.63) is 59.7 Å². The zero-order valence-electron chi connectivity index (χ0n) is 13.6. The van der Waals surface area contributed by atoms with Gasteiger partial charge in [0.25, 0.3) is 0 Å². The zero-order chi connectivity index (χ0) is 16.9. The first-order valence-corrected chi connectivity index (χ1v) is 8.75. The lowest BCUT2D eigenvalue weighted by molar-refractivity contribution is 0.402. The van der Waals surface area contributed by atoms with Gasteiger partial charge in [-0.25, -0.2) is 13.1 Å². The molecule has 0 aromatic heterocycles. The Morgan fingerprint density at radius 1 is 0.957 bits per heavy atom. The van der Waals surface area contributed by atoms with Crippen LogP contribution in [0.3, 0.4) is 0 Å². The summed E-state index contributed by atoms with van der Waals surface area (Å²) >= 11 is 0. The van der Waals surface area contributed by atoms with E-state index in [2.05, 4.69) is 9.62 Å². The number of nitrogens with one attached hydrogen (secondary N) is 1. The zero-order valence-corrected chi connectivity index (χ0v) is 14.4. The highest BCUT2D eigenvalue weighted by Gasteiger charge is 2.13. The molecule has 5 nitrogen and oxygen atoms in total. The fraction of sp³-hybridized carbons (Fsp3) is 0.294. The summed E-state index contributed by atoms with van der Waals surface area (Å²) in [6.45, 7) is 1.12. The number of nitrogens with zero attached hydrogens (tertiary/aromatic N) is 1. The summed E-state index contributed by atoms with van der Waals surface area (Å²) in [4.78, 5) is 2.31. The van der Waals surface area contributed by atoms with Crippen LogP contribution in [0.1, 0.15) is 11.1 Å². The molecule has 0 aliphatic heterocycles. The Balaban J connectivity index is 2.00. The highest BCUT2D eigenvalue weighted by Crippen LogP contribution is 2.15. The van der Waals surface area contributed by atoms with Crippen LogP contribution in [0.15, 0.2) is 53.4 Å². The molecule has 2 aromatic rings. The molecule has 1 N–H and O–H groups in total. The van der Waals surface area contributed by atoms with Gasteiger partial charge in [-0.3, -0.25) is 0 Å². The van der Waals surface area contributed by atoms with E-state index in [9.17, 15) is 8.42 Å². The van der Waals surface area contributed by atoms with Crippen LogP contribution in [0.2, 0.25) is 0 Å². The minimum Gasteiger partial charge on any atom is -0.497 e. The Morgan fingerprint density at radius 3 is 2.04 bits per heavy atom. The van der Waals surface area contributed by atoms with Gasteiger partial charge in [-0.15, -0.1) is 0 Å². The van der Waals surface area contributed by atoms with Gasteiger partial charge < -0.3 is 9.64 Å². The number of hydrogen-bond acceptors (Lipinski definition) is 4. The summed E-state index contributed by atoms with van der Waals surface area (Å²) in [6, 6.07) is 14.2. The minimum absolute atomic E-state index is 0.225. The monoisotopic (exact) mass is 334 g/mol. The van der Waals surface area contributed by atoms with E-state index in [0.29, 0.717) is 5.75 Å². The van der Waals surface area contributed by atoms with Gasteiger partial charge in [-0.2, -0.15) is 0 Å². The van der Waals surface area contributed by atoms with Gasteiger partial charge in [-0.1, -0.05) is 24.3 Å². The highest BCUT2D eigenvalue weighted by atomic mass is 32.2. The van der Waals surface area contributed by atoms with E-state index in [0.717, 1.165) is 12.1 Å². The second-order valence-electron chi connectivity index (χ2n) is 5.55. The Bertz CT molecular complexity index is 723. The molecule has 0 aliphatic carbocycles. The maximum absolute atomic E-state index is 12.3. The van der Waals surface area contributed by atoms with E-state index in [1.807, 2.05) is 38.4 Å². The van der Waals surface area contributed by atoms with Crippen LogP contribution in [0.4, 0.5) is 0 Å². The van der Waals surface area contributed by atoms with E-state index >= 15 is 0 Å².